The standard InChI is InChI=1S/C12H8Cl2N4O/c1-5-2-9(19)6(4-15-5)11-16-8-3-7(13)10(14)17-12(8)18-11/h2-4H,1H3,(H,15,19)(H,16,17,18). The van der Waals surface area contributed by atoms with Crippen LogP contribution in [0.1, 0.15) is 5.69 Å². The number of hydrogen-bond donors (Lipinski definition) is 2. The van der Waals surface area contributed by atoms with E-state index in [2.05, 4.69) is 19.9 Å². The summed E-state index contributed by atoms with van der Waals surface area (Å²) in [5.74, 6) is 0.432. The fourth-order valence-corrected chi connectivity index (χ4v) is 2.07. The number of H-pyrrole nitrogens is 2. The average molecular weight is 295 g/mol. The molecule has 0 fully saturated rings. The summed E-state index contributed by atoms with van der Waals surface area (Å²) >= 11 is 11.7. The van der Waals surface area contributed by atoms with Gasteiger partial charge in [-0.05, 0) is 13.0 Å². The van der Waals surface area contributed by atoms with Crippen LogP contribution in [0.3, 0.4) is 0 Å². The highest BCUT2D eigenvalue weighted by atomic mass is 35.5. The maximum Gasteiger partial charge on any atom is 0.192 e. The van der Waals surface area contributed by atoms with Crippen LogP contribution in [0, 0.1) is 6.92 Å². The smallest absolute Gasteiger partial charge is 0.192 e. The molecule has 7 heteroatoms. The van der Waals surface area contributed by atoms with E-state index < -0.39 is 0 Å². The zero-order valence-electron chi connectivity index (χ0n) is 9.79. The van der Waals surface area contributed by atoms with Crippen LogP contribution < -0.4 is 5.43 Å². The van der Waals surface area contributed by atoms with Crippen LogP contribution in [0.4, 0.5) is 0 Å². The SMILES string of the molecule is Cc1cc(=O)c(-c2nc3nc(Cl)c(Cl)cc3[nH]2)c[nH]1. The van der Waals surface area contributed by atoms with Crippen LogP contribution >= 0.6 is 23.2 Å². The molecule has 3 aromatic rings. The first-order chi connectivity index (χ1) is 9.04. The van der Waals surface area contributed by atoms with Crippen LogP contribution in [-0.2, 0) is 0 Å². The Balaban J connectivity index is 2.23. The van der Waals surface area contributed by atoms with Gasteiger partial charge in [0.1, 0.15) is 11.0 Å². The molecule has 0 bridgehead atoms. The Bertz CT molecular complexity index is 798. The number of hydrogen-bond acceptors (Lipinski definition) is 3. The molecule has 0 atom stereocenters. The van der Waals surface area contributed by atoms with Crippen molar-refractivity contribution in [1.82, 2.24) is 19.9 Å². The molecule has 3 rings (SSSR count). The van der Waals surface area contributed by atoms with Crippen LogP contribution in [0.15, 0.2) is 23.1 Å². The number of imidazole rings is 1. The second-order valence-corrected chi connectivity index (χ2v) is 4.88. The van der Waals surface area contributed by atoms with Gasteiger partial charge in [0.05, 0.1) is 16.1 Å². The first-order valence-electron chi connectivity index (χ1n) is 5.46. The van der Waals surface area contributed by atoms with E-state index in [1.165, 1.54) is 6.07 Å². The van der Waals surface area contributed by atoms with E-state index in [9.17, 15) is 4.79 Å². The summed E-state index contributed by atoms with van der Waals surface area (Å²) in [6.07, 6.45) is 1.61. The minimum Gasteiger partial charge on any atom is -0.364 e. The summed E-state index contributed by atoms with van der Waals surface area (Å²) in [6, 6.07) is 3.14. The van der Waals surface area contributed by atoms with E-state index in [4.69, 9.17) is 23.2 Å². The van der Waals surface area contributed by atoms with E-state index in [0.29, 0.717) is 27.6 Å². The van der Waals surface area contributed by atoms with Crippen LogP contribution in [0.25, 0.3) is 22.6 Å². The lowest BCUT2D eigenvalue weighted by atomic mass is 10.2. The van der Waals surface area contributed by atoms with Gasteiger partial charge in [0, 0.05) is 18.0 Å². The number of aryl methyl sites for hydroxylation is 1. The molecular weight excluding hydrogens is 287 g/mol. The number of nitrogens with zero attached hydrogens (tertiary/aromatic N) is 2. The number of pyridine rings is 2. The molecule has 2 N–H and O–H groups in total. The van der Waals surface area contributed by atoms with Crippen molar-refractivity contribution in [2.75, 3.05) is 0 Å². The highest BCUT2D eigenvalue weighted by Crippen LogP contribution is 2.24. The summed E-state index contributed by atoms with van der Waals surface area (Å²) in [4.78, 5) is 26.2. The Morgan fingerprint density at radius 1 is 1.21 bits per heavy atom. The third-order valence-electron chi connectivity index (χ3n) is 2.70. The molecular formula is C12H8Cl2N4O. The Hall–Kier alpha value is -1.85. The lowest BCUT2D eigenvalue weighted by Gasteiger charge is -1.96. The van der Waals surface area contributed by atoms with Crippen molar-refractivity contribution in [3.05, 3.63) is 44.4 Å². The average Bonchev–Trinajstić information content (AvgIpc) is 2.72. The van der Waals surface area contributed by atoms with Gasteiger partial charge in [-0.15, -0.1) is 0 Å². The van der Waals surface area contributed by atoms with Crippen molar-refractivity contribution in [2.24, 2.45) is 0 Å². The monoisotopic (exact) mass is 294 g/mol. The molecule has 0 saturated heterocycles. The summed E-state index contributed by atoms with van der Waals surface area (Å²) in [7, 11) is 0. The maximum atomic E-state index is 11.9. The number of fused-ring (bicyclic) bond motifs is 1. The van der Waals surface area contributed by atoms with Crippen molar-refractivity contribution in [1.29, 1.82) is 0 Å². The first kappa shape index (κ1) is 12.2. The van der Waals surface area contributed by atoms with Gasteiger partial charge in [-0.2, -0.15) is 0 Å². The quantitative estimate of drug-likeness (QED) is 0.678. The number of halogens is 2. The van der Waals surface area contributed by atoms with Crippen LogP contribution in [0.2, 0.25) is 10.2 Å². The van der Waals surface area contributed by atoms with E-state index >= 15 is 0 Å². The highest BCUT2D eigenvalue weighted by molar-refractivity contribution is 6.41. The first-order valence-corrected chi connectivity index (χ1v) is 6.21. The number of aromatic nitrogens is 4. The zero-order chi connectivity index (χ0) is 13.6. The zero-order valence-corrected chi connectivity index (χ0v) is 11.3. The normalized spacial score (nSPS) is 11.1. The molecule has 0 amide bonds. The van der Waals surface area contributed by atoms with Crippen molar-refractivity contribution >= 4 is 34.4 Å². The maximum absolute atomic E-state index is 11.9. The molecule has 0 spiro atoms. The van der Waals surface area contributed by atoms with Crippen molar-refractivity contribution in [3.63, 3.8) is 0 Å². The van der Waals surface area contributed by atoms with Crippen molar-refractivity contribution < 1.29 is 0 Å². The topological polar surface area (TPSA) is 74.4 Å². The summed E-state index contributed by atoms with van der Waals surface area (Å²) in [6.45, 7) is 1.81. The molecule has 0 aliphatic carbocycles. The molecule has 0 aliphatic rings. The Morgan fingerprint density at radius 3 is 2.74 bits per heavy atom. The molecule has 0 aromatic carbocycles. The molecule has 19 heavy (non-hydrogen) atoms. The largest absolute Gasteiger partial charge is 0.364 e. The van der Waals surface area contributed by atoms with Gasteiger partial charge in [0.2, 0.25) is 0 Å². The van der Waals surface area contributed by atoms with Crippen LogP contribution in [0.5, 0.6) is 0 Å². The second kappa shape index (κ2) is 4.36. The van der Waals surface area contributed by atoms with Gasteiger partial charge < -0.3 is 9.97 Å². The molecule has 3 heterocycles. The van der Waals surface area contributed by atoms with E-state index in [-0.39, 0.29) is 10.6 Å². The summed E-state index contributed by atoms with van der Waals surface area (Å²) in [5.41, 5.74) is 2.16. The molecule has 5 nitrogen and oxygen atoms in total. The van der Waals surface area contributed by atoms with Gasteiger partial charge >= 0.3 is 0 Å². The summed E-state index contributed by atoms with van der Waals surface area (Å²) < 4.78 is 0. The Morgan fingerprint density at radius 2 is 2.00 bits per heavy atom. The van der Waals surface area contributed by atoms with Gasteiger partial charge in [-0.1, -0.05) is 23.2 Å². The predicted octanol–water partition coefficient (Wildman–Crippen LogP) is 2.93. The predicted molar refractivity (Wildman–Crippen MR) is 74.7 cm³/mol. The van der Waals surface area contributed by atoms with Gasteiger partial charge in [-0.25, -0.2) is 9.97 Å². The van der Waals surface area contributed by atoms with E-state index in [0.717, 1.165) is 5.69 Å². The second-order valence-electron chi connectivity index (χ2n) is 4.11. The van der Waals surface area contributed by atoms with E-state index in [1.807, 2.05) is 6.92 Å². The lowest BCUT2D eigenvalue weighted by Crippen LogP contribution is -2.05. The molecule has 0 radical (unpaired) electrons. The summed E-state index contributed by atoms with van der Waals surface area (Å²) in [5, 5.41) is 0.521. The minimum atomic E-state index is -0.118. The van der Waals surface area contributed by atoms with E-state index in [1.54, 1.807) is 12.3 Å². The number of aromatic amines is 2. The lowest BCUT2D eigenvalue weighted by molar-refractivity contribution is 1.17. The fourth-order valence-electron chi connectivity index (χ4n) is 1.78. The van der Waals surface area contributed by atoms with Gasteiger partial charge in [0.15, 0.2) is 11.1 Å². The molecule has 0 saturated carbocycles. The molecule has 0 unspecified atom stereocenters. The number of nitrogens with one attached hydrogen (secondary N) is 2. The highest BCUT2D eigenvalue weighted by Gasteiger charge is 2.11. The van der Waals surface area contributed by atoms with Gasteiger partial charge in [0.25, 0.3) is 0 Å². The van der Waals surface area contributed by atoms with Crippen molar-refractivity contribution in [3.8, 4) is 11.4 Å². The molecule has 96 valence electrons. The fraction of sp³-hybridized carbons (Fsp3) is 0.0833. The van der Waals surface area contributed by atoms with Crippen molar-refractivity contribution in [2.45, 2.75) is 6.92 Å². The third-order valence-corrected chi connectivity index (χ3v) is 3.37. The van der Waals surface area contributed by atoms with Crippen LogP contribution in [-0.4, -0.2) is 19.9 Å². The third kappa shape index (κ3) is 2.11. The number of rotatable bonds is 1. The Labute approximate surface area is 117 Å². The Kier molecular flexibility index (Phi) is 2.80. The molecule has 3 aromatic heterocycles. The minimum absolute atomic E-state index is 0.118. The molecule has 0 aliphatic heterocycles. The van der Waals surface area contributed by atoms with Gasteiger partial charge in [-0.3, -0.25) is 4.79 Å².